The van der Waals surface area contributed by atoms with Crippen molar-refractivity contribution in [3.05, 3.63) is 52.4 Å². The highest BCUT2D eigenvalue weighted by atomic mass is 32.2. The molecular weight excluding hydrogens is 470 g/mol. The summed E-state index contributed by atoms with van der Waals surface area (Å²) in [6, 6.07) is 5.04. The van der Waals surface area contributed by atoms with Crippen molar-refractivity contribution in [2.24, 2.45) is 0 Å². The molecule has 3 rings (SSSR count). The highest BCUT2D eigenvalue weighted by molar-refractivity contribution is 8.26. The molecule has 1 aromatic heterocycles. The number of carbonyl (C=O) groups excluding carboxylic acids is 1. The maximum Gasteiger partial charge on any atom is 0.416 e. The average molecular weight is 487 g/mol. The van der Waals surface area contributed by atoms with Crippen molar-refractivity contribution in [2.75, 3.05) is 6.54 Å². The number of hydrogen-bond acceptors (Lipinski definition) is 5. The zero-order valence-corrected chi connectivity index (χ0v) is 18.1. The molecule has 2 aromatic rings. The topological polar surface area (TPSA) is 70.8 Å². The highest BCUT2D eigenvalue weighted by Crippen LogP contribution is 2.35. The minimum atomic E-state index is -4.65. The summed E-state index contributed by atoms with van der Waals surface area (Å²) in [7, 11) is 0. The van der Waals surface area contributed by atoms with Gasteiger partial charge in [0.1, 0.15) is 21.7 Å². The molecule has 1 fully saturated rings. The Labute approximate surface area is 190 Å². The summed E-state index contributed by atoms with van der Waals surface area (Å²) in [6.45, 7) is 0.363. The van der Waals surface area contributed by atoms with Crippen LogP contribution in [0.15, 0.2) is 39.7 Å². The summed E-state index contributed by atoms with van der Waals surface area (Å²) in [6.07, 6.45) is -1.39. The van der Waals surface area contributed by atoms with Gasteiger partial charge in [0.05, 0.1) is 16.0 Å². The number of rotatable bonds is 8. The van der Waals surface area contributed by atoms with Gasteiger partial charge in [0.2, 0.25) is 0 Å². The molecule has 0 unspecified atom stereocenters. The quantitative estimate of drug-likeness (QED) is 0.215. The lowest BCUT2D eigenvalue weighted by Crippen LogP contribution is -2.29. The summed E-state index contributed by atoms with van der Waals surface area (Å²) >= 11 is 6.31. The molecule has 32 heavy (non-hydrogen) atoms. The number of alkyl halides is 3. The van der Waals surface area contributed by atoms with Gasteiger partial charge in [-0.1, -0.05) is 30.4 Å². The number of furan rings is 1. The standard InChI is InChI=1S/C21H17F4NO4S2/c22-15-10-12(21(23,24)25)5-7-14(15)16-8-6-13(30-16)11-17-19(29)26(20(31)32-17)9-3-1-2-4-18(27)28/h5-8,10-11H,1-4,9H2,(H,27,28). The van der Waals surface area contributed by atoms with Crippen molar-refractivity contribution in [1.29, 1.82) is 0 Å². The van der Waals surface area contributed by atoms with Crippen LogP contribution in [0.25, 0.3) is 17.4 Å². The molecule has 1 aliphatic rings. The molecular formula is C21H17F4NO4S2. The van der Waals surface area contributed by atoms with E-state index in [2.05, 4.69) is 0 Å². The molecule has 1 saturated heterocycles. The molecule has 1 aromatic carbocycles. The molecule has 0 spiro atoms. The number of halogens is 4. The normalized spacial score (nSPS) is 15.8. The number of aliphatic carboxylic acids is 1. The van der Waals surface area contributed by atoms with E-state index in [0.717, 1.165) is 23.9 Å². The van der Waals surface area contributed by atoms with Crippen LogP contribution in [0, 0.1) is 5.82 Å². The van der Waals surface area contributed by atoms with E-state index < -0.39 is 23.5 Å². The van der Waals surface area contributed by atoms with Crippen molar-refractivity contribution in [3.63, 3.8) is 0 Å². The smallest absolute Gasteiger partial charge is 0.416 e. The van der Waals surface area contributed by atoms with Crippen molar-refractivity contribution in [3.8, 4) is 11.3 Å². The van der Waals surface area contributed by atoms with Crippen LogP contribution in [0.5, 0.6) is 0 Å². The van der Waals surface area contributed by atoms with Gasteiger partial charge < -0.3 is 9.52 Å². The van der Waals surface area contributed by atoms with E-state index in [0.29, 0.717) is 41.1 Å². The molecule has 0 radical (unpaired) electrons. The van der Waals surface area contributed by atoms with Crippen LogP contribution in [0.2, 0.25) is 0 Å². The van der Waals surface area contributed by atoms with Crippen LogP contribution in [0.4, 0.5) is 17.6 Å². The molecule has 2 heterocycles. The zero-order valence-electron chi connectivity index (χ0n) is 16.4. The van der Waals surface area contributed by atoms with E-state index in [1.54, 1.807) is 0 Å². The second kappa shape index (κ2) is 9.86. The summed E-state index contributed by atoms with van der Waals surface area (Å²) in [4.78, 5) is 24.9. The fourth-order valence-electron chi connectivity index (χ4n) is 3.01. The van der Waals surface area contributed by atoms with Gasteiger partial charge in [0, 0.05) is 19.0 Å². The van der Waals surface area contributed by atoms with Gasteiger partial charge in [-0.05, 0) is 43.2 Å². The Bertz CT molecular complexity index is 1080. The van der Waals surface area contributed by atoms with E-state index >= 15 is 0 Å². The minimum Gasteiger partial charge on any atom is -0.481 e. The Kier molecular flexibility index (Phi) is 7.40. The Morgan fingerprint density at radius 2 is 1.94 bits per heavy atom. The number of unbranched alkanes of at least 4 members (excludes halogenated alkanes) is 2. The molecule has 1 aliphatic heterocycles. The lowest BCUT2D eigenvalue weighted by atomic mass is 10.1. The number of thiocarbonyl (C=S) groups is 1. The van der Waals surface area contributed by atoms with Gasteiger partial charge in [0.25, 0.3) is 5.91 Å². The first-order valence-corrected chi connectivity index (χ1v) is 10.7. The Hall–Kier alpha value is -2.66. The second-order valence-corrected chi connectivity index (χ2v) is 8.61. The minimum absolute atomic E-state index is 0.0244. The third-order valence-corrected chi connectivity index (χ3v) is 5.99. The third kappa shape index (κ3) is 5.77. The van der Waals surface area contributed by atoms with Crippen LogP contribution in [-0.4, -0.2) is 32.7 Å². The Morgan fingerprint density at radius 3 is 2.59 bits per heavy atom. The van der Waals surface area contributed by atoms with Crippen LogP contribution in [-0.2, 0) is 15.8 Å². The van der Waals surface area contributed by atoms with Crippen molar-refractivity contribution in [2.45, 2.75) is 31.9 Å². The van der Waals surface area contributed by atoms with Crippen LogP contribution in [0.1, 0.15) is 37.0 Å². The summed E-state index contributed by atoms with van der Waals surface area (Å²) in [5, 5.41) is 8.65. The van der Waals surface area contributed by atoms with E-state index in [-0.39, 0.29) is 29.4 Å². The van der Waals surface area contributed by atoms with Crippen LogP contribution >= 0.6 is 24.0 Å². The lowest BCUT2D eigenvalue weighted by molar-refractivity contribution is -0.138. The van der Waals surface area contributed by atoms with Crippen molar-refractivity contribution >= 4 is 46.3 Å². The molecule has 170 valence electrons. The fraction of sp³-hybridized carbons (Fsp3) is 0.286. The van der Waals surface area contributed by atoms with E-state index in [1.807, 2.05) is 0 Å². The van der Waals surface area contributed by atoms with E-state index in [1.165, 1.54) is 23.1 Å². The largest absolute Gasteiger partial charge is 0.481 e. The van der Waals surface area contributed by atoms with Crippen LogP contribution < -0.4 is 0 Å². The molecule has 0 saturated carbocycles. The number of hydrogen-bond donors (Lipinski definition) is 1. The van der Waals surface area contributed by atoms with Crippen molar-refractivity contribution < 1.29 is 36.7 Å². The number of carbonyl (C=O) groups is 2. The third-order valence-electron chi connectivity index (χ3n) is 4.61. The second-order valence-electron chi connectivity index (χ2n) is 6.93. The Balaban J connectivity index is 1.68. The monoisotopic (exact) mass is 487 g/mol. The average Bonchev–Trinajstić information content (AvgIpc) is 3.26. The van der Waals surface area contributed by atoms with Gasteiger partial charge in [-0.3, -0.25) is 14.5 Å². The maximum absolute atomic E-state index is 14.2. The van der Waals surface area contributed by atoms with Gasteiger partial charge in [0.15, 0.2) is 0 Å². The number of carboxylic acid groups (broad SMARTS) is 1. The molecule has 5 nitrogen and oxygen atoms in total. The van der Waals surface area contributed by atoms with Crippen molar-refractivity contribution in [1.82, 2.24) is 4.90 Å². The highest BCUT2D eigenvalue weighted by Gasteiger charge is 2.33. The van der Waals surface area contributed by atoms with E-state index in [9.17, 15) is 27.2 Å². The summed E-state index contributed by atoms with van der Waals surface area (Å²) in [5.74, 6) is -2.02. The molecule has 1 N–H and O–H groups in total. The van der Waals surface area contributed by atoms with Gasteiger partial charge >= 0.3 is 12.1 Å². The summed E-state index contributed by atoms with van der Waals surface area (Å²) < 4.78 is 58.2. The molecule has 0 bridgehead atoms. The lowest BCUT2D eigenvalue weighted by Gasteiger charge is -2.13. The first-order chi connectivity index (χ1) is 15.1. The predicted molar refractivity (Wildman–Crippen MR) is 115 cm³/mol. The number of carboxylic acids is 1. The number of nitrogens with zero attached hydrogens (tertiary/aromatic N) is 1. The summed E-state index contributed by atoms with van der Waals surface area (Å²) in [5.41, 5.74) is -1.23. The number of benzene rings is 1. The first kappa shape index (κ1) is 24.0. The number of amides is 1. The molecule has 1 amide bonds. The Morgan fingerprint density at radius 1 is 1.19 bits per heavy atom. The molecule has 0 atom stereocenters. The first-order valence-electron chi connectivity index (χ1n) is 9.50. The van der Waals surface area contributed by atoms with Gasteiger partial charge in [-0.2, -0.15) is 13.2 Å². The van der Waals surface area contributed by atoms with Crippen LogP contribution in [0.3, 0.4) is 0 Å². The maximum atomic E-state index is 14.2. The molecule has 0 aliphatic carbocycles. The molecule has 11 heteroatoms. The van der Waals surface area contributed by atoms with Gasteiger partial charge in [-0.25, -0.2) is 4.39 Å². The number of thioether (sulfide) groups is 1. The predicted octanol–water partition coefficient (Wildman–Crippen LogP) is 5.95. The fourth-order valence-corrected chi connectivity index (χ4v) is 4.30. The van der Waals surface area contributed by atoms with E-state index in [4.69, 9.17) is 21.7 Å². The SMILES string of the molecule is O=C(O)CCCCCN1C(=O)C(=Cc2ccc(-c3ccc(C(F)(F)F)cc3F)o2)SC1=S. The van der Waals surface area contributed by atoms with Gasteiger partial charge in [-0.15, -0.1) is 0 Å². The zero-order chi connectivity index (χ0) is 23.5.